The number of nitrogens with one attached hydrogen (secondary N) is 2. The molecule has 2 N–H and O–H groups in total. The van der Waals surface area contributed by atoms with E-state index in [9.17, 15) is 22.4 Å². The van der Waals surface area contributed by atoms with Crippen molar-refractivity contribution in [3.63, 3.8) is 0 Å². The molecule has 0 fully saturated rings. The van der Waals surface area contributed by atoms with Gasteiger partial charge in [-0.25, -0.2) is 17.1 Å². The minimum Gasteiger partial charge on any atom is -0.326 e. The maximum atomic E-state index is 13.4. The molecule has 1 unspecified atom stereocenters. The van der Waals surface area contributed by atoms with E-state index in [1.54, 1.807) is 6.07 Å². The highest BCUT2D eigenvalue weighted by Gasteiger charge is 2.31. The summed E-state index contributed by atoms with van der Waals surface area (Å²) in [5.74, 6) is -2.19. The lowest BCUT2D eigenvalue weighted by Gasteiger charge is -2.25. The van der Waals surface area contributed by atoms with Gasteiger partial charge in [-0.15, -0.1) is 0 Å². The van der Waals surface area contributed by atoms with Gasteiger partial charge >= 0.3 is 0 Å². The van der Waals surface area contributed by atoms with Crippen LogP contribution < -0.4 is 10.6 Å². The summed E-state index contributed by atoms with van der Waals surface area (Å²) in [5.41, 5.74) is 1.05. The summed E-state index contributed by atoms with van der Waals surface area (Å²) in [4.78, 5) is 24.6. The molecule has 1 aliphatic rings. The van der Waals surface area contributed by atoms with Crippen molar-refractivity contribution in [2.24, 2.45) is 0 Å². The average Bonchev–Trinajstić information content (AvgIpc) is 2.60. The maximum absolute atomic E-state index is 13.4. The normalized spacial score (nSPS) is 16.6. The van der Waals surface area contributed by atoms with Gasteiger partial charge in [-0.2, -0.15) is 0 Å². The molecule has 27 heavy (non-hydrogen) atoms. The molecule has 142 valence electrons. The summed E-state index contributed by atoms with van der Waals surface area (Å²) in [7, 11) is -0.818. The van der Waals surface area contributed by atoms with Gasteiger partial charge in [-0.1, -0.05) is 12.1 Å². The third-order valence-corrected chi connectivity index (χ3v) is 6.06. The Labute approximate surface area is 156 Å². The molecule has 2 amide bonds. The SMILES string of the molecule is CN(C)S(=O)(=O)c1cccc(NC(=O)C2CC(=O)Nc3cc(F)ccc32)c1. The quantitative estimate of drug-likeness (QED) is 0.835. The van der Waals surface area contributed by atoms with Crippen LogP contribution in [0.5, 0.6) is 0 Å². The summed E-state index contributed by atoms with van der Waals surface area (Å²) in [5, 5.41) is 5.19. The Hall–Kier alpha value is -2.78. The van der Waals surface area contributed by atoms with E-state index in [1.807, 2.05) is 0 Å². The van der Waals surface area contributed by atoms with Crippen LogP contribution in [-0.2, 0) is 19.6 Å². The Morgan fingerprint density at radius 2 is 1.96 bits per heavy atom. The Bertz CT molecular complexity index is 1020. The number of halogens is 1. The number of benzene rings is 2. The summed E-state index contributed by atoms with van der Waals surface area (Å²) in [6, 6.07) is 9.70. The van der Waals surface area contributed by atoms with Gasteiger partial charge in [0.15, 0.2) is 0 Å². The molecule has 2 aromatic rings. The van der Waals surface area contributed by atoms with E-state index >= 15 is 0 Å². The second-order valence-corrected chi connectivity index (χ2v) is 8.49. The molecule has 0 aliphatic carbocycles. The standard InChI is InChI=1S/C18H18FN3O4S/c1-22(2)27(25,26)13-5-3-4-12(9-13)20-18(24)15-10-17(23)21-16-8-11(19)6-7-14(15)16/h3-9,15H,10H2,1-2H3,(H,20,24)(H,21,23). The van der Waals surface area contributed by atoms with Crippen LogP contribution in [-0.4, -0.2) is 38.6 Å². The minimum atomic E-state index is -3.65. The number of amides is 2. The molecule has 0 aromatic heterocycles. The molecule has 0 saturated heterocycles. The first-order valence-electron chi connectivity index (χ1n) is 8.11. The number of nitrogens with zero attached hydrogens (tertiary/aromatic N) is 1. The van der Waals surface area contributed by atoms with E-state index in [2.05, 4.69) is 10.6 Å². The van der Waals surface area contributed by atoms with Crippen molar-refractivity contribution >= 4 is 33.2 Å². The van der Waals surface area contributed by atoms with Gasteiger partial charge in [-0.05, 0) is 35.9 Å². The van der Waals surface area contributed by atoms with Gasteiger partial charge in [0.05, 0.1) is 10.8 Å². The largest absolute Gasteiger partial charge is 0.326 e. The predicted octanol–water partition coefficient (Wildman–Crippen LogP) is 2.14. The Balaban J connectivity index is 1.88. The zero-order valence-electron chi connectivity index (χ0n) is 14.7. The molecule has 0 radical (unpaired) electrons. The second kappa shape index (κ2) is 7.09. The Morgan fingerprint density at radius 1 is 1.22 bits per heavy atom. The topological polar surface area (TPSA) is 95.6 Å². The highest BCUT2D eigenvalue weighted by Crippen LogP contribution is 2.33. The zero-order chi connectivity index (χ0) is 19.8. The Kier molecular flexibility index (Phi) is 4.99. The summed E-state index contributed by atoms with van der Waals surface area (Å²) >= 11 is 0. The van der Waals surface area contributed by atoms with Crippen LogP contribution in [0.2, 0.25) is 0 Å². The van der Waals surface area contributed by atoms with Crippen LogP contribution in [0.1, 0.15) is 17.9 Å². The van der Waals surface area contributed by atoms with Crippen LogP contribution in [0.3, 0.4) is 0 Å². The number of sulfonamides is 1. The highest BCUT2D eigenvalue weighted by atomic mass is 32.2. The first-order valence-corrected chi connectivity index (χ1v) is 9.55. The lowest BCUT2D eigenvalue weighted by molar-refractivity contribution is -0.123. The molecule has 9 heteroatoms. The van der Waals surface area contributed by atoms with E-state index in [0.29, 0.717) is 5.56 Å². The van der Waals surface area contributed by atoms with Gasteiger partial charge in [0.25, 0.3) is 0 Å². The fraction of sp³-hybridized carbons (Fsp3) is 0.222. The van der Waals surface area contributed by atoms with Crippen molar-refractivity contribution in [1.29, 1.82) is 0 Å². The molecule has 1 atom stereocenters. The minimum absolute atomic E-state index is 0.0363. The van der Waals surface area contributed by atoms with Crippen molar-refractivity contribution in [3.05, 3.63) is 53.8 Å². The number of fused-ring (bicyclic) bond motifs is 1. The lowest BCUT2D eigenvalue weighted by Crippen LogP contribution is -2.31. The van der Waals surface area contributed by atoms with E-state index in [4.69, 9.17) is 0 Å². The highest BCUT2D eigenvalue weighted by molar-refractivity contribution is 7.89. The van der Waals surface area contributed by atoms with Crippen molar-refractivity contribution in [3.8, 4) is 0 Å². The van der Waals surface area contributed by atoms with Crippen LogP contribution in [0.15, 0.2) is 47.4 Å². The van der Waals surface area contributed by atoms with E-state index in [1.165, 1.54) is 44.4 Å². The number of anilines is 2. The number of carbonyl (C=O) groups is 2. The Morgan fingerprint density at radius 3 is 2.67 bits per heavy atom. The van der Waals surface area contributed by atoms with Crippen LogP contribution in [0.4, 0.5) is 15.8 Å². The molecule has 7 nitrogen and oxygen atoms in total. The molecule has 1 heterocycles. The fourth-order valence-corrected chi connectivity index (χ4v) is 3.79. The average molecular weight is 391 g/mol. The van der Waals surface area contributed by atoms with E-state index < -0.39 is 33.6 Å². The maximum Gasteiger partial charge on any atom is 0.242 e. The van der Waals surface area contributed by atoms with Crippen molar-refractivity contribution in [2.75, 3.05) is 24.7 Å². The monoisotopic (exact) mass is 391 g/mol. The van der Waals surface area contributed by atoms with Crippen LogP contribution in [0.25, 0.3) is 0 Å². The van der Waals surface area contributed by atoms with Gasteiger partial charge in [0.2, 0.25) is 21.8 Å². The number of carbonyl (C=O) groups excluding carboxylic acids is 2. The number of rotatable bonds is 4. The van der Waals surface area contributed by atoms with E-state index in [0.717, 1.165) is 10.4 Å². The van der Waals surface area contributed by atoms with Crippen LogP contribution >= 0.6 is 0 Å². The van der Waals surface area contributed by atoms with E-state index in [-0.39, 0.29) is 22.7 Å². The fourth-order valence-electron chi connectivity index (χ4n) is 2.85. The molecular weight excluding hydrogens is 373 g/mol. The first-order chi connectivity index (χ1) is 12.7. The molecule has 0 bridgehead atoms. The van der Waals surface area contributed by atoms with Crippen molar-refractivity contribution < 1.29 is 22.4 Å². The van der Waals surface area contributed by atoms with Gasteiger partial charge in [-0.3, -0.25) is 9.59 Å². The molecule has 3 rings (SSSR count). The number of hydrogen-bond donors (Lipinski definition) is 2. The van der Waals surface area contributed by atoms with Crippen molar-refractivity contribution in [2.45, 2.75) is 17.2 Å². The molecule has 0 spiro atoms. The zero-order valence-corrected chi connectivity index (χ0v) is 15.5. The summed E-state index contributed by atoms with van der Waals surface area (Å²) in [6.45, 7) is 0. The smallest absolute Gasteiger partial charge is 0.242 e. The summed E-state index contributed by atoms with van der Waals surface area (Å²) < 4.78 is 38.9. The molecular formula is C18H18FN3O4S. The van der Waals surface area contributed by atoms with Gasteiger partial charge < -0.3 is 10.6 Å². The van der Waals surface area contributed by atoms with Crippen LogP contribution in [0, 0.1) is 5.82 Å². The third-order valence-electron chi connectivity index (χ3n) is 4.25. The third kappa shape index (κ3) is 3.83. The number of hydrogen-bond acceptors (Lipinski definition) is 4. The van der Waals surface area contributed by atoms with Crippen molar-refractivity contribution in [1.82, 2.24) is 4.31 Å². The molecule has 2 aromatic carbocycles. The first kappa shape index (κ1) is 19.0. The van der Waals surface area contributed by atoms with Gasteiger partial charge in [0, 0.05) is 31.9 Å². The van der Waals surface area contributed by atoms with Gasteiger partial charge in [0.1, 0.15) is 5.82 Å². The molecule has 1 aliphatic heterocycles. The molecule has 0 saturated carbocycles. The lowest BCUT2D eigenvalue weighted by atomic mass is 9.89. The predicted molar refractivity (Wildman–Crippen MR) is 98.3 cm³/mol. The summed E-state index contributed by atoms with van der Waals surface area (Å²) in [6.07, 6.45) is -0.0832. The second-order valence-electron chi connectivity index (χ2n) is 6.34.